The molecule has 4 aliphatic carbocycles. The molecule has 1 aliphatic heterocycles. The Morgan fingerprint density at radius 3 is 2.42 bits per heavy atom. The number of hydrogen-bond donors (Lipinski definition) is 2. The maximum Gasteiger partial charge on any atom is 0.313 e. The molecular formula is C43H55F2NO7. The second kappa shape index (κ2) is 14.3. The number of carbonyl (C=O) groups excluding carboxylic acids is 3. The summed E-state index contributed by atoms with van der Waals surface area (Å²) >= 11 is 0. The fourth-order valence-electron chi connectivity index (χ4n) is 9.93. The number of rotatable bonds is 9. The SMILES string of the molecule is COCCCN(CC1(O)CCC2c3ccc(cc3C(=O)c3ccc(F)c(F)c3)CC(O)CCC(C)=CCCC21C)C(=O)C12CCC(C)(C(=O)O1)C2(C)C. The van der Waals surface area contributed by atoms with Gasteiger partial charge < -0.3 is 24.6 Å². The third-order valence-corrected chi connectivity index (χ3v) is 14.0. The number of halogens is 2. The minimum Gasteiger partial charge on any atom is -0.448 e. The van der Waals surface area contributed by atoms with Gasteiger partial charge in [-0.3, -0.25) is 14.4 Å². The number of allylic oxidation sites excluding steroid dienone is 2. The average molecular weight is 736 g/mol. The van der Waals surface area contributed by atoms with Crippen LogP contribution in [0.15, 0.2) is 48.0 Å². The van der Waals surface area contributed by atoms with Gasteiger partial charge in [-0.2, -0.15) is 0 Å². The zero-order valence-corrected chi connectivity index (χ0v) is 32.0. The highest BCUT2D eigenvalue weighted by Crippen LogP contribution is 2.66. The summed E-state index contributed by atoms with van der Waals surface area (Å²) in [5.41, 5.74) is -2.31. The van der Waals surface area contributed by atoms with E-state index in [1.807, 2.05) is 46.8 Å². The molecule has 1 amide bonds. The van der Waals surface area contributed by atoms with Crippen molar-refractivity contribution in [2.75, 3.05) is 26.8 Å². The van der Waals surface area contributed by atoms with E-state index in [1.165, 1.54) is 6.07 Å². The van der Waals surface area contributed by atoms with Crippen LogP contribution in [0.25, 0.3) is 0 Å². The number of benzene rings is 2. The lowest BCUT2D eigenvalue weighted by molar-refractivity contribution is -0.177. The molecular weight excluding hydrogens is 680 g/mol. The number of aliphatic hydroxyl groups is 2. The predicted octanol–water partition coefficient (Wildman–Crippen LogP) is 7.22. The number of fused-ring (bicyclic) bond motifs is 10. The molecule has 288 valence electrons. The van der Waals surface area contributed by atoms with Gasteiger partial charge in [-0.15, -0.1) is 0 Å². The van der Waals surface area contributed by atoms with Gasteiger partial charge in [0.2, 0.25) is 0 Å². The van der Waals surface area contributed by atoms with Crippen LogP contribution < -0.4 is 0 Å². The van der Waals surface area contributed by atoms with Crippen LogP contribution in [0, 0.1) is 27.9 Å². The molecule has 2 aromatic carbocycles. The topological polar surface area (TPSA) is 113 Å². The Bertz CT molecular complexity index is 1810. The average Bonchev–Trinajstić information content (AvgIpc) is 3.55. The third kappa shape index (κ3) is 6.46. The monoisotopic (exact) mass is 735 g/mol. The van der Waals surface area contributed by atoms with Gasteiger partial charge in [0, 0.05) is 42.2 Å². The van der Waals surface area contributed by atoms with Crippen molar-refractivity contribution in [2.24, 2.45) is 16.2 Å². The van der Waals surface area contributed by atoms with Gasteiger partial charge in [0.15, 0.2) is 23.0 Å². The van der Waals surface area contributed by atoms with Crippen molar-refractivity contribution in [3.8, 4) is 0 Å². The Balaban J connectivity index is 1.44. The van der Waals surface area contributed by atoms with Crippen molar-refractivity contribution in [1.82, 2.24) is 4.90 Å². The molecule has 7 rings (SSSR count). The van der Waals surface area contributed by atoms with Crippen LogP contribution in [0.3, 0.4) is 0 Å². The molecule has 2 aromatic rings. The minimum atomic E-state index is -1.41. The zero-order chi connectivity index (χ0) is 38.6. The van der Waals surface area contributed by atoms with Crippen molar-refractivity contribution >= 4 is 17.7 Å². The number of ketones is 1. The third-order valence-electron chi connectivity index (χ3n) is 14.0. The fourth-order valence-corrected chi connectivity index (χ4v) is 9.93. The first-order chi connectivity index (χ1) is 24.9. The van der Waals surface area contributed by atoms with Crippen LogP contribution in [0.2, 0.25) is 0 Å². The first-order valence-corrected chi connectivity index (χ1v) is 19.1. The molecule has 0 radical (unpaired) electrons. The number of carbonyl (C=O) groups is 3. The summed E-state index contributed by atoms with van der Waals surface area (Å²) in [6.07, 6.45) is 6.47. The van der Waals surface area contributed by atoms with E-state index < -0.39 is 51.0 Å². The number of ether oxygens (including phenoxy) is 2. The van der Waals surface area contributed by atoms with E-state index in [4.69, 9.17) is 9.47 Å². The van der Waals surface area contributed by atoms with Gasteiger partial charge >= 0.3 is 5.97 Å². The van der Waals surface area contributed by atoms with E-state index >= 15 is 0 Å². The fraction of sp³-hybridized carbons (Fsp3) is 0.605. The van der Waals surface area contributed by atoms with Crippen LogP contribution in [0.1, 0.15) is 125 Å². The van der Waals surface area contributed by atoms with E-state index in [1.54, 1.807) is 18.1 Å². The second-order valence-electron chi connectivity index (χ2n) is 17.2. The van der Waals surface area contributed by atoms with Gasteiger partial charge in [0.25, 0.3) is 5.91 Å². The van der Waals surface area contributed by atoms with Gasteiger partial charge in [0.05, 0.1) is 23.7 Å². The molecule has 8 nitrogen and oxygen atoms in total. The summed E-state index contributed by atoms with van der Waals surface area (Å²) in [7, 11) is 1.60. The number of hydrogen-bond acceptors (Lipinski definition) is 7. The molecule has 4 bridgehead atoms. The largest absolute Gasteiger partial charge is 0.448 e. The lowest BCUT2D eigenvalue weighted by Gasteiger charge is -2.47. The molecule has 0 spiro atoms. The van der Waals surface area contributed by atoms with Gasteiger partial charge in [-0.1, -0.05) is 44.6 Å². The first-order valence-electron chi connectivity index (χ1n) is 19.1. The number of aliphatic hydroxyl groups excluding tert-OH is 1. The Morgan fingerprint density at radius 2 is 1.75 bits per heavy atom. The van der Waals surface area contributed by atoms with Crippen molar-refractivity contribution in [1.29, 1.82) is 0 Å². The standard InChI is InChI=1S/C43H55F2NO7/c1-27-9-7-17-40(4)33(31-14-11-28(23-30(47)13-10-27)24-32(31)36(48)29-12-15-34(44)35(45)25-29)16-18-42(40,51)26-46(21-8-22-52-6)37(49)43-20-19-41(5,38(50)53-43)39(43,2)3/h9,11-12,14-15,24-25,30,33,47,51H,7-8,10,13,16-23,26H2,1-6H3. The van der Waals surface area contributed by atoms with E-state index in [2.05, 4.69) is 6.08 Å². The molecule has 0 aromatic heterocycles. The second-order valence-corrected chi connectivity index (χ2v) is 17.2. The Morgan fingerprint density at radius 1 is 1.00 bits per heavy atom. The Hall–Kier alpha value is -3.47. The number of nitrogens with zero attached hydrogens (tertiary/aromatic N) is 1. The lowest BCUT2D eigenvalue weighted by Crippen LogP contribution is -2.60. The van der Waals surface area contributed by atoms with Crippen LogP contribution >= 0.6 is 0 Å². The van der Waals surface area contributed by atoms with Crippen molar-refractivity contribution in [2.45, 2.75) is 122 Å². The highest BCUT2D eigenvalue weighted by atomic mass is 19.2. The van der Waals surface area contributed by atoms with Gasteiger partial charge in [0.1, 0.15) is 0 Å². The van der Waals surface area contributed by atoms with Crippen LogP contribution in [0.4, 0.5) is 8.78 Å². The summed E-state index contributed by atoms with van der Waals surface area (Å²) in [5.74, 6) is -3.66. The maximum absolute atomic E-state index is 14.9. The molecule has 5 aliphatic rings. The summed E-state index contributed by atoms with van der Waals surface area (Å²) in [6, 6.07) is 8.67. The van der Waals surface area contributed by atoms with E-state index in [-0.39, 0.29) is 36.4 Å². The van der Waals surface area contributed by atoms with Crippen LogP contribution in [-0.4, -0.2) is 76.9 Å². The predicted molar refractivity (Wildman–Crippen MR) is 196 cm³/mol. The van der Waals surface area contributed by atoms with E-state index in [0.717, 1.165) is 23.3 Å². The number of esters is 1. The molecule has 1 saturated heterocycles. The Labute approximate surface area is 311 Å². The quantitative estimate of drug-likeness (QED) is 0.121. The molecule has 3 fully saturated rings. The van der Waals surface area contributed by atoms with Crippen molar-refractivity contribution in [3.05, 3.63) is 81.9 Å². The normalized spacial score (nSPS) is 32.2. The minimum absolute atomic E-state index is 0.00365. The molecule has 53 heavy (non-hydrogen) atoms. The van der Waals surface area contributed by atoms with Crippen LogP contribution in [-0.2, 0) is 25.5 Å². The van der Waals surface area contributed by atoms with E-state index in [0.29, 0.717) is 81.9 Å². The molecule has 2 N–H and O–H groups in total. The smallest absolute Gasteiger partial charge is 0.313 e. The Kier molecular flexibility index (Phi) is 10.6. The maximum atomic E-state index is 14.9. The highest BCUT2D eigenvalue weighted by Gasteiger charge is 2.76. The molecule has 2 saturated carbocycles. The summed E-state index contributed by atoms with van der Waals surface area (Å²) < 4.78 is 39.8. The molecule has 6 atom stereocenters. The zero-order valence-electron chi connectivity index (χ0n) is 32.0. The van der Waals surface area contributed by atoms with Gasteiger partial charge in [-0.05, 0) is 119 Å². The van der Waals surface area contributed by atoms with Crippen molar-refractivity contribution in [3.63, 3.8) is 0 Å². The number of methoxy groups -OCH3 is 1. The molecule has 6 unspecified atom stereocenters. The summed E-state index contributed by atoms with van der Waals surface area (Å²) in [6.45, 7) is 10.5. The van der Waals surface area contributed by atoms with Crippen LogP contribution in [0.5, 0.6) is 0 Å². The highest BCUT2D eigenvalue weighted by molar-refractivity contribution is 6.10. The first kappa shape index (κ1) is 39.2. The summed E-state index contributed by atoms with van der Waals surface area (Å²) in [5, 5.41) is 24.0. The van der Waals surface area contributed by atoms with Gasteiger partial charge in [-0.25, -0.2) is 8.78 Å². The van der Waals surface area contributed by atoms with E-state index in [9.17, 15) is 33.4 Å². The number of amides is 1. The molecule has 1 heterocycles. The molecule has 10 heteroatoms. The summed E-state index contributed by atoms with van der Waals surface area (Å²) in [4.78, 5) is 44.0. The lowest BCUT2D eigenvalue weighted by atomic mass is 9.64. The van der Waals surface area contributed by atoms with Crippen molar-refractivity contribution < 1.29 is 42.9 Å².